The van der Waals surface area contributed by atoms with Crippen molar-refractivity contribution < 1.29 is 0 Å². The van der Waals surface area contributed by atoms with Crippen LogP contribution in [-0.2, 0) is 6.42 Å². The molecule has 0 saturated heterocycles. The monoisotopic (exact) mass is 260 g/mol. The van der Waals surface area contributed by atoms with Crippen molar-refractivity contribution >= 4 is 11.6 Å². The van der Waals surface area contributed by atoms with Crippen LogP contribution in [0.5, 0.6) is 0 Å². The van der Waals surface area contributed by atoms with Gasteiger partial charge in [-0.25, -0.2) is 0 Å². The first kappa shape index (κ1) is 13.1. The average Bonchev–Trinajstić information content (AvgIpc) is 2.39. The number of hydrogen-bond acceptors (Lipinski definition) is 2. The zero-order valence-corrected chi connectivity index (χ0v) is 11.4. The standard InChI is InChI=1S/C15H17ClN2/c1-11-6-3-4-7-12(11)10-14(17-2)15-13(16)8-5-9-18-15/h3-9,14,17H,10H2,1-2H3. The summed E-state index contributed by atoms with van der Waals surface area (Å²) in [6.45, 7) is 2.13. The molecule has 0 amide bonds. The Morgan fingerprint density at radius 2 is 2.00 bits per heavy atom. The Balaban J connectivity index is 2.26. The molecule has 0 aliphatic rings. The summed E-state index contributed by atoms with van der Waals surface area (Å²) in [5.74, 6) is 0. The van der Waals surface area contributed by atoms with E-state index in [4.69, 9.17) is 11.6 Å². The minimum absolute atomic E-state index is 0.139. The van der Waals surface area contributed by atoms with Gasteiger partial charge in [-0.15, -0.1) is 0 Å². The van der Waals surface area contributed by atoms with E-state index in [1.165, 1.54) is 11.1 Å². The molecule has 94 valence electrons. The van der Waals surface area contributed by atoms with Crippen LogP contribution in [0.25, 0.3) is 0 Å². The second-order valence-electron chi connectivity index (χ2n) is 4.34. The highest BCUT2D eigenvalue weighted by Crippen LogP contribution is 2.24. The molecule has 2 rings (SSSR count). The molecule has 2 aromatic rings. The predicted molar refractivity (Wildman–Crippen MR) is 75.9 cm³/mol. The topological polar surface area (TPSA) is 24.9 Å². The first-order valence-electron chi connectivity index (χ1n) is 6.04. The molecule has 0 aliphatic heterocycles. The fraction of sp³-hybridized carbons (Fsp3) is 0.267. The van der Waals surface area contributed by atoms with Gasteiger partial charge in [0.1, 0.15) is 0 Å². The van der Waals surface area contributed by atoms with Crippen LogP contribution < -0.4 is 5.32 Å². The van der Waals surface area contributed by atoms with Crippen molar-refractivity contribution in [3.63, 3.8) is 0 Å². The van der Waals surface area contributed by atoms with E-state index in [0.29, 0.717) is 5.02 Å². The summed E-state index contributed by atoms with van der Waals surface area (Å²) in [7, 11) is 1.94. The van der Waals surface area contributed by atoms with Gasteiger partial charge in [0.2, 0.25) is 0 Å². The Morgan fingerprint density at radius 1 is 1.22 bits per heavy atom. The molecule has 3 heteroatoms. The first-order valence-corrected chi connectivity index (χ1v) is 6.42. The minimum atomic E-state index is 0.139. The Kier molecular flexibility index (Phi) is 4.34. The van der Waals surface area contributed by atoms with Crippen molar-refractivity contribution in [3.8, 4) is 0 Å². The second kappa shape index (κ2) is 5.98. The molecule has 0 aliphatic carbocycles. The summed E-state index contributed by atoms with van der Waals surface area (Å²) < 4.78 is 0. The molecule has 1 aromatic carbocycles. The zero-order valence-electron chi connectivity index (χ0n) is 10.7. The van der Waals surface area contributed by atoms with Crippen LogP contribution in [0.2, 0.25) is 5.02 Å². The molecule has 1 N–H and O–H groups in total. The van der Waals surface area contributed by atoms with Gasteiger partial charge in [-0.2, -0.15) is 0 Å². The third-order valence-electron chi connectivity index (χ3n) is 3.15. The van der Waals surface area contributed by atoms with Crippen LogP contribution in [0.15, 0.2) is 42.6 Å². The molecule has 1 unspecified atom stereocenters. The number of aryl methyl sites for hydroxylation is 1. The lowest BCUT2D eigenvalue weighted by molar-refractivity contribution is 0.575. The summed E-state index contributed by atoms with van der Waals surface area (Å²) in [5, 5.41) is 4.00. The van der Waals surface area contributed by atoms with Crippen LogP contribution in [0.4, 0.5) is 0 Å². The normalized spacial score (nSPS) is 12.4. The number of likely N-dealkylation sites (N-methyl/N-ethyl adjacent to an activating group) is 1. The third kappa shape index (κ3) is 2.89. The number of nitrogens with one attached hydrogen (secondary N) is 1. The molecule has 0 radical (unpaired) electrons. The number of pyridine rings is 1. The fourth-order valence-electron chi connectivity index (χ4n) is 2.05. The molecule has 2 nitrogen and oxygen atoms in total. The summed E-state index contributed by atoms with van der Waals surface area (Å²) in [4.78, 5) is 4.38. The lowest BCUT2D eigenvalue weighted by Crippen LogP contribution is -2.20. The summed E-state index contributed by atoms with van der Waals surface area (Å²) in [6.07, 6.45) is 2.67. The number of rotatable bonds is 4. The van der Waals surface area contributed by atoms with Crippen molar-refractivity contribution in [3.05, 3.63) is 64.4 Å². The zero-order chi connectivity index (χ0) is 13.0. The molecular formula is C15H17ClN2. The molecule has 0 bridgehead atoms. The van der Waals surface area contributed by atoms with Crippen molar-refractivity contribution in [2.45, 2.75) is 19.4 Å². The van der Waals surface area contributed by atoms with Gasteiger partial charge in [0.25, 0.3) is 0 Å². The molecule has 0 fully saturated rings. The average molecular weight is 261 g/mol. The Hall–Kier alpha value is -1.38. The molecular weight excluding hydrogens is 244 g/mol. The van der Waals surface area contributed by atoms with Crippen molar-refractivity contribution in [2.24, 2.45) is 0 Å². The van der Waals surface area contributed by atoms with E-state index in [0.717, 1.165) is 12.1 Å². The highest BCUT2D eigenvalue weighted by molar-refractivity contribution is 6.31. The highest BCUT2D eigenvalue weighted by Gasteiger charge is 2.15. The largest absolute Gasteiger partial charge is 0.311 e. The fourth-order valence-corrected chi connectivity index (χ4v) is 2.30. The first-order chi connectivity index (χ1) is 8.72. The SMILES string of the molecule is CNC(Cc1ccccc1C)c1ncccc1Cl. The molecule has 0 spiro atoms. The van der Waals surface area contributed by atoms with Gasteiger partial charge in [-0.3, -0.25) is 4.98 Å². The van der Waals surface area contributed by atoms with Gasteiger partial charge in [0.15, 0.2) is 0 Å². The Bertz CT molecular complexity index is 525. The van der Waals surface area contributed by atoms with E-state index < -0.39 is 0 Å². The van der Waals surface area contributed by atoms with E-state index in [1.807, 2.05) is 19.2 Å². The van der Waals surface area contributed by atoms with Crippen LogP contribution >= 0.6 is 11.6 Å². The van der Waals surface area contributed by atoms with E-state index >= 15 is 0 Å². The quantitative estimate of drug-likeness (QED) is 0.910. The molecule has 1 aromatic heterocycles. The Labute approximate surface area is 113 Å². The van der Waals surface area contributed by atoms with Crippen LogP contribution in [-0.4, -0.2) is 12.0 Å². The van der Waals surface area contributed by atoms with Gasteiger partial charge >= 0.3 is 0 Å². The van der Waals surface area contributed by atoms with Gasteiger partial charge in [-0.1, -0.05) is 35.9 Å². The van der Waals surface area contributed by atoms with E-state index in [9.17, 15) is 0 Å². The molecule has 1 heterocycles. The smallest absolute Gasteiger partial charge is 0.0762 e. The summed E-state index contributed by atoms with van der Waals surface area (Å²) in [5.41, 5.74) is 3.52. The van der Waals surface area contributed by atoms with Gasteiger partial charge < -0.3 is 5.32 Å². The molecule has 1 atom stereocenters. The second-order valence-corrected chi connectivity index (χ2v) is 4.75. The van der Waals surface area contributed by atoms with Crippen LogP contribution in [0, 0.1) is 6.92 Å². The lowest BCUT2D eigenvalue weighted by atomic mass is 9.99. The van der Waals surface area contributed by atoms with Gasteiger partial charge in [-0.05, 0) is 43.7 Å². The number of halogens is 1. The Morgan fingerprint density at radius 3 is 2.67 bits per heavy atom. The number of benzene rings is 1. The number of aromatic nitrogens is 1. The van der Waals surface area contributed by atoms with E-state index in [-0.39, 0.29) is 6.04 Å². The highest BCUT2D eigenvalue weighted by atomic mass is 35.5. The van der Waals surface area contributed by atoms with Crippen molar-refractivity contribution in [1.82, 2.24) is 10.3 Å². The summed E-state index contributed by atoms with van der Waals surface area (Å²) >= 11 is 6.20. The lowest BCUT2D eigenvalue weighted by Gasteiger charge is -2.18. The molecule has 18 heavy (non-hydrogen) atoms. The molecule has 0 saturated carbocycles. The van der Waals surface area contributed by atoms with E-state index in [2.05, 4.69) is 41.5 Å². The summed E-state index contributed by atoms with van der Waals surface area (Å²) in [6, 6.07) is 12.3. The van der Waals surface area contributed by atoms with Crippen LogP contribution in [0.3, 0.4) is 0 Å². The number of hydrogen-bond donors (Lipinski definition) is 1. The van der Waals surface area contributed by atoms with Crippen molar-refractivity contribution in [1.29, 1.82) is 0 Å². The minimum Gasteiger partial charge on any atom is -0.311 e. The third-order valence-corrected chi connectivity index (χ3v) is 3.47. The number of nitrogens with zero attached hydrogens (tertiary/aromatic N) is 1. The maximum atomic E-state index is 6.20. The maximum absolute atomic E-state index is 6.20. The van der Waals surface area contributed by atoms with Gasteiger partial charge in [0, 0.05) is 6.20 Å². The predicted octanol–water partition coefficient (Wildman–Crippen LogP) is 3.55. The van der Waals surface area contributed by atoms with Crippen LogP contribution in [0.1, 0.15) is 22.9 Å². The van der Waals surface area contributed by atoms with Crippen molar-refractivity contribution in [2.75, 3.05) is 7.05 Å². The van der Waals surface area contributed by atoms with E-state index in [1.54, 1.807) is 6.20 Å². The van der Waals surface area contributed by atoms with Gasteiger partial charge in [0.05, 0.1) is 16.8 Å². The maximum Gasteiger partial charge on any atom is 0.0762 e.